The van der Waals surface area contributed by atoms with Crippen molar-refractivity contribution in [1.82, 2.24) is 10.6 Å². The average molecular weight is 777 g/mol. The minimum absolute atomic E-state index is 0.248. The van der Waals surface area contributed by atoms with Crippen molar-refractivity contribution in [3.63, 3.8) is 0 Å². The third-order valence-corrected chi connectivity index (χ3v) is 12.2. The summed E-state index contributed by atoms with van der Waals surface area (Å²) in [6, 6.07) is 34.1. The fraction of sp³-hybridized carbons (Fsp3) is 0.444. The van der Waals surface area contributed by atoms with Crippen LogP contribution in [0, 0.1) is 0 Å². The molecule has 0 fully saturated rings. The normalized spacial score (nSPS) is 13.7. The fourth-order valence-corrected chi connectivity index (χ4v) is 8.63. The standard InChI is InChI=1S/C54H68N2O2/c1-3-5-7-9-11-13-15-17-19-21-23-41-25-29-43(30-26-41)45-33-37-47(38-34-45)51-49-50(54(58)55-51)52(56-53(49)57)48-39-35-46(36-40-48)44-31-27-42(28-32-44)24-22-20-18-16-14-12-10-8-6-4-2/h25-40H,3-24H2,1-2H3,(H,55,58)(H,56,57). The molecule has 58 heavy (non-hydrogen) atoms. The zero-order chi connectivity index (χ0) is 40.4. The van der Waals surface area contributed by atoms with Gasteiger partial charge in [0.05, 0.1) is 22.5 Å². The number of carbonyl (C=O) groups is 2. The lowest BCUT2D eigenvalue weighted by Gasteiger charge is -2.10. The van der Waals surface area contributed by atoms with Gasteiger partial charge in [-0.05, 0) is 70.2 Å². The number of carbonyl (C=O) groups excluding carboxylic acids is 2. The second-order valence-corrected chi connectivity index (χ2v) is 16.8. The number of unbranched alkanes of at least 4 members (excludes halogenated alkanes) is 18. The molecule has 2 amide bonds. The van der Waals surface area contributed by atoms with Crippen LogP contribution in [0.4, 0.5) is 0 Å². The van der Waals surface area contributed by atoms with Crippen molar-refractivity contribution in [2.24, 2.45) is 0 Å². The average Bonchev–Trinajstić information content (AvgIpc) is 3.79. The van der Waals surface area contributed by atoms with E-state index in [-0.39, 0.29) is 11.8 Å². The number of benzene rings is 4. The summed E-state index contributed by atoms with van der Waals surface area (Å²) >= 11 is 0. The molecule has 2 heterocycles. The molecular weight excluding hydrogens is 709 g/mol. The Hall–Kier alpha value is -4.70. The molecule has 4 heteroatoms. The molecule has 4 aromatic rings. The van der Waals surface area contributed by atoms with E-state index in [1.54, 1.807) is 0 Å². The topological polar surface area (TPSA) is 58.2 Å². The van der Waals surface area contributed by atoms with Gasteiger partial charge in [0.1, 0.15) is 0 Å². The van der Waals surface area contributed by atoms with Crippen LogP contribution in [0.15, 0.2) is 108 Å². The highest BCUT2D eigenvalue weighted by Gasteiger charge is 2.40. The summed E-state index contributed by atoms with van der Waals surface area (Å²) in [5, 5.41) is 6.03. The second-order valence-electron chi connectivity index (χ2n) is 16.8. The van der Waals surface area contributed by atoms with E-state index in [1.165, 1.54) is 140 Å². The van der Waals surface area contributed by atoms with Crippen molar-refractivity contribution in [2.75, 3.05) is 0 Å². The molecule has 2 N–H and O–H groups in total. The first kappa shape index (κ1) is 42.9. The van der Waals surface area contributed by atoms with Gasteiger partial charge in [0.25, 0.3) is 11.8 Å². The Morgan fingerprint density at radius 3 is 0.845 bits per heavy atom. The molecule has 2 aliphatic rings. The van der Waals surface area contributed by atoms with Crippen LogP contribution in [-0.4, -0.2) is 11.8 Å². The van der Waals surface area contributed by atoms with Gasteiger partial charge in [-0.15, -0.1) is 0 Å². The van der Waals surface area contributed by atoms with Crippen molar-refractivity contribution >= 4 is 23.2 Å². The summed E-state index contributed by atoms with van der Waals surface area (Å²) in [6.07, 6.45) is 29.4. The molecule has 0 atom stereocenters. The number of rotatable bonds is 26. The maximum Gasteiger partial charge on any atom is 0.258 e. The van der Waals surface area contributed by atoms with Crippen LogP contribution in [0.25, 0.3) is 33.6 Å². The molecular formula is C54H68N2O2. The number of nitrogens with one attached hydrogen (secondary N) is 2. The Balaban J connectivity index is 0.991. The van der Waals surface area contributed by atoms with Crippen LogP contribution in [0.3, 0.4) is 0 Å². The molecule has 0 saturated carbocycles. The lowest BCUT2D eigenvalue weighted by atomic mass is 9.97. The van der Waals surface area contributed by atoms with E-state index >= 15 is 0 Å². The lowest BCUT2D eigenvalue weighted by Crippen LogP contribution is -2.21. The minimum atomic E-state index is -0.248. The van der Waals surface area contributed by atoms with Crippen LogP contribution >= 0.6 is 0 Å². The van der Waals surface area contributed by atoms with Gasteiger partial charge >= 0.3 is 0 Å². The van der Waals surface area contributed by atoms with Crippen molar-refractivity contribution in [1.29, 1.82) is 0 Å². The molecule has 0 unspecified atom stereocenters. The fourth-order valence-electron chi connectivity index (χ4n) is 8.63. The number of amides is 2. The Kier molecular flexibility index (Phi) is 17.0. The lowest BCUT2D eigenvalue weighted by molar-refractivity contribution is -0.117. The summed E-state index contributed by atoms with van der Waals surface area (Å²) in [4.78, 5) is 26.8. The van der Waals surface area contributed by atoms with E-state index in [2.05, 4.69) is 97.3 Å². The Morgan fingerprint density at radius 1 is 0.310 bits per heavy atom. The number of fused-ring (bicyclic) bond motifs is 1. The summed E-state index contributed by atoms with van der Waals surface area (Å²) in [7, 11) is 0. The monoisotopic (exact) mass is 777 g/mol. The van der Waals surface area contributed by atoms with Gasteiger partial charge in [-0.2, -0.15) is 0 Å². The number of aryl methyl sites for hydroxylation is 2. The third kappa shape index (κ3) is 12.2. The largest absolute Gasteiger partial charge is 0.321 e. The summed E-state index contributed by atoms with van der Waals surface area (Å²) in [5.41, 5.74) is 11.0. The maximum atomic E-state index is 13.4. The van der Waals surface area contributed by atoms with Gasteiger partial charge < -0.3 is 10.6 Å². The summed E-state index contributed by atoms with van der Waals surface area (Å²) < 4.78 is 0. The molecule has 0 aromatic heterocycles. The van der Waals surface area contributed by atoms with E-state index in [0.717, 1.165) is 46.2 Å². The molecule has 306 valence electrons. The second kappa shape index (κ2) is 23.0. The van der Waals surface area contributed by atoms with Crippen LogP contribution in [0.1, 0.15) is 165 Å². The zero-order valence-corrected chi connectivity index (χ0v) is 35.6. The first-order valence-corrected chi connectivity index (χ1v) is 23.1. The Bertz CT molecular complexity index is 1800. The van der Waals surface area contributed by atoms with Gasteiger partial charge in [0.15, 0.2) is 0 Å². The van der Waals surface area contributed by atoms with Gasteiger partial charge in [0.2, 0.25) is 0 Å². The first-order chi connectivity index (χ1) is 28.6. The predicted octanol–water partition coefficient (Wildman–Crippen LogP) is 14.3. The molecule has 0 aliphatic carbocycles. The molecule has 6 rings (SSSR count). The third-order valence-electron chi connectivity index (χ3n) is 12.2. The van der Waals surface area contributed by atoms with Crippen LogP contribution in [0.2, 0.25) is 0 Å². The van der Waals surface area contributed by atoms with Crippen molar-refractivity contribution in [3.8, 4) is 22.3 Å². The Morgan fingerprint density at radius 2 is 0.552 bits per heavy atom. The van der Waals surface area contributed by atoms with Gasteiger partial charge in [-0.3, -0.25) is 9.59 Å². The predicted molar refractivity (Wildman–Crippen MR) is 245 cm³/mol. The van der Waals surface area contributed by atoms with E-state index in [0.29, 0.717) is 22.5 Å². The number of hydrogen-bond donors (Lipinski definition) is 2. The van der Waals surface area contributed by atoms with Crippen molar-refractivity contribution in [2.45, 2.75) is 155 Å². The van der Waals surface area contributed by atoms with E-state index < -0.39 is 0 Å². The summed E-state index contributed by atoms with van der Waals surface area (Å²) in [6.45, 7) is 4.56. The minimum Gasteiger partial charge on any atom is -0.321 e. The molecule has 0 bridgehead atoms. The molecule has 0 radical (unpaired) electrons. The SMILES string of the molecule is CCCCCCCCCCCCc1ccc(-c2ccc(C3=C4C(=O)NC(c5ccc(-c6ccc(CCCCCCCCCCCC)cc6)cc5)=C4C(=O)N3)cc2)cc1. The van der Waals surface area contributed by atoms with E-state index in [4.69, 9.17) is 0 Å². The van der Waals surface area contributed by atoms with Crippen molar-refractivity contribution < 1.29 is 9.59 Å². The highest BCUT2D eigenvalue weighted by Crippen LogP contribution is 2.38. The summed E-state index contributed by atoms with van der Waals surface area (Å²) in [5.74, 6) is -0.495. The van der Waals surface area contributed by atoms with Gasteiger partial charge in [-0.1, -0.05) is 226 Å². The van der Waals surface area contributed by atoms with Crippen LogP contribution in [0.5, 0.6) is 0 Å². The highest BCUT2D eigenvalue weighted by atomic mass is 16.2. The van der Waals surface area contributed by atoms with Crippen LogP contribution < -0.4 is 10.6 Å². The van der Waals surface area contributed by atoms with E-state index in [9.17, 15) is 9.59 Å². The van der Waals surface area contributed by atoms with Gasteiger partial charge in [0, 0.05) is 0 Å². The maximum absolute atomic E-state index is 13.4. The molecule has 0 spiro atoms. The Labute approximate surface area is 350 Å². The van der Waals surface area contributed by atoms with Crippen LogP contribution in [-0.2, 0) is 22.4 Å². The molecule has 2 aliphatic heterocycles. The molecule has 0 saturated heterocycles. The quantitative estimate of drug-likeness (QED) is 0.0624. The molecule has 4 nitrogen and oxygen atoms in total. The zero-order valence-electron chi connectivity index (χ0n) is 35.6. The highest BCUT2D eigenvalue weighted by molar-refractivity contribution is 6.30. The molecule has 4 aromatic carbocycles. The first-order valence-electron chi connectivity index (χ1n) is 23.1. The van der Waals surface area contributed by atoms with Gasteiger partial charge in [-0.25, -0.2) is 0 Å². The number of hydrogen-bond acceptors (Lipinski definition) is 2. The van der Waals surface area contributed by atoms with Crippen molar-refractivity contribution in [3.05, 3.63) is 130 Å². The smallest absolute Gasteiger partial charge is 0.258 e. The van der Waals surface area contributed by atoms with E-state index in [1.807, 2.05) is 24.3 Å².